The molecule has 0 amide bonds. The van der Waals surface area contributed by atoms with Crippen molar-refractivity contribution in [1.82, 2.24) is 15.1 Å². The number of piperidine rings is 1. The number of rotatable bonds is 3. The molecule has 0 spiro atoms. The van der Waals surface area contributed by atoms with Crippen LogP contribution in [0, 0.1) is 0 Å². The lowest BCUT2D eigenvalue weighted by molar-refractivity contribution is 0.0792. The van der Waals surface area contributed by atoms with Crippen LogP contribution >= 0.6 is 23.2 Å². The summed E-state index contributed by atoms with van der Waals surface area (Å²) in [7, 11) is 0. The van der Waals surface area contributed by atoms with E-state index in [9.17, 15) is 5.11 Å². The Morgan fingerprint density at radius 1 is 1.16 bits per heavy atom. The van der Waals surface area contributed by atoms with Gasteiger partial charge in [0.15, 0.2) is 0 Å². The highest BCUT2D eigenvalue weighted by atomic mass is 35.5. The zero-order valence-electron chi connectivity index (χ0n) is 13.7. The number of aromatic amines is 1. The zero-order chi connectivity index (χ0) is 17.4. The van der Waals surface area contributed by atoms with E-state index >= 15 is 0 Å². The topological polar surface area (TPSA) is 52.1 Å². The second kappa shape index (κ2) is 6.96. The van der Waals surface area contributed by atoms with Crippen LogP contribution in [0.5, 0.6) is 0 Å². The molecule has 0 atom stereocenters. The SMILES string of the molecule is OC1CCN(Cc2ccc(-c3cc(Cl)c4c[nH]nc4c3Cl)cc2)CC1. The van der Waals surface area contributed by atoms with Gasteiger partial charge in [-0.2, -0.15) is 5.10 Å². The van der Waals surface area contributed by atoms with Crippen molar-refractivity contribution in [3.8, 4) is 11.1 Å². The molecule has 2 heterocycles. The standard InChI is InChI=1S/C19H19Cl2N3O/c20-17-9-15(18(21)19-16(17)10-22-23-19)13-3-1-12(2-4-13)11-24-7-5-14(25)6-8-24/h1-4,9-10,14,25H,5-8,11H2,(H,22,23). The molecule has 2 N–H and O–H groups in total. The maximum absolute atomic E-state index is 9.61. The molecule has 0 unspecified atom stereocenters. The third-order valence-corrected chi connectivity index (χ3v) is 5.54. The molecular weight excluding hydrogens is 357 g/mol. The minimum absolute atomic E-state index is 0.137. The molecular formula is C19H19Cl2N3O. The van der Waals surface area contributed by atoms with Crippen molar-refractivity contribution in [3.05, 3.63) is 52.1 Å². The normalized spacial score (nSPS) is 16.6. The summed E-state index contributed by atoms with van der Waals surface area (Å²) in [6.45, 7) is 2.79. The summed E-state index contributed by atoms with van der Waals surface area (Å²) >= 11 is 12.9. The van der Waals surface area contributed by atoms with E-state index in [0.29, 0.717) is 15.6 Å². The Kier molecular flexibility index (Phi) is 4.69. The molecule has 0 saturated carbocycles. The van der Waals surface area contributed by atoms with Crippen LogP contribution in [0.1, 0.15) is 18.4 Å². The Hall–Kier alpha value is -1.59. The fourth-order valence-electron chi connectivity index (χ4n) is 3.37. The highest BCUT2D eigenvalue weighted by Gasteiger charge is 2.17. The number of fused-ring (bicyclic) bond motifs is 1. The van der Waals surface area contributed by atoms with Crippen molar-refractivity contribution in [2.24, 2.45) is 0 Å². The lowest BCUT2D eigenvalue weighted by atomic mass is 10.0. The number of nitrogens with zero attached hydrogens (tertiary/aromatic N) is 2. The number of aliphatic hydroxyl groups excluding tert-OH is 1. The molecule has 0 aliphatic carbocycles. The summed E-state index contributed by atoms with van der Waals surface area (Å²) in [4.78, 5) is 2.38. The van der Waals surface area contributed by atoms with Crippen LogP contribution in [0.25, 0.3) is 22.0 Å². The number of H-pyrrole nitrogens is 1. The molecule has 25 heavy (non-hydrogen) atoms. The fraction of sp³-hybridized carbons (Fsp3) is 0.316. The first kappa shape index (κ1) is 16.9. The van der Waals surface area contributed by atoms with Gasteiger partial charge in [0.1, 0.15) is 5.52 Å². The van der Waals surface area contributed by atoms with Gasteiger partial charge >= 0.3 is 0 Å². The number of aliphatic hydroxyl groups is 1. The van der Waals surface area contributed by atoms with Crippen LogP contribution in [-0.4, -0.2) is 39.4 Å². The Morgan fingerprint density at radius 3 is 2.60 bits per heavy atom. The molecule has 0 bridgehead atoms. The predicted molar refractivity (Wildman–Crippen MR) is 102 cm³/mol. The second-order valence-corrected chi connectivity index (χ2v) is 7.36. The van der Waals surface area contributed by atoms with Gasteiger partial charge in [0.25, 0.3) is 0 Å². The Morgan fingerprint density at radius 2 is 1.88 bits per heavy atom. The van der Waals surface area contributed by atoms with Crippen molar-refractivity contribution in [2.45, 2.75) is 25.5 Å². The van der Waals surface area contributed by atoms with E-state index in [4.69, 9.17) is 23.2 Å². The molecule has 1 aliphatic heterocycles. The van der Waals surface area contributed by atoms with Gasteiger partial charge in [-0.05, 0) is 30.0 Å². The van der Waals surface area contributed by atoms with E-state index in [-0.39, 0.29) is 6.10 Å². The van der Waals surface area contributed by atoms with E-state index in [2.05, 4.69) is 39.4 Å². The molecule has 1 aromatic heterocycles. The van der Waals surface area contributed by atoms with E-state index in [1.807, 2.05) is 6.07 Å². The van der Waals surface area contributed by atoms with Crippen molar-refractivity contribution in [3.63, 3.8) is 0 Å². The van der Waals surface area contributed by atoms with Crippen LogP contribution in [-0.2, 0) is 6.54 Å². The van der Waals surface area contributed by atoms with Crippen LogP contribution in [0.3, 0.4) is 0 Å². The average Bonchev–Trinajstić information content (AvgIpc) is 3.12. The van der Waals surface area contributed by atoms with Crippen molar-refractivity contribution in [2.75, 3.05) is 13.1 Å². The smallest absolute Gasteiger partial charge is 0.113 e. The summed E-state index contributed by atoms with van der Waals surface area (Å²) in [5.74, 6) is 0. The highest BCUT2D eigenvalue weighted by Crippen LogP contribution is 2.37. The third kappa shape index (κ3) is 3.40. The van der Waals surface area contributed by atoms with Gasteiger partial charge in [0, 0.05) is 36.8 Å². The molecule has 0 radical (unpaired) electrons. The van der Waals surface area contributed by atoms with Crippen molar-refractivity contribution in [1.29, 1.82) is 0 Å². The molecule has 130 valence electrons. The van der Waals surface area contributed by atoms with Gasteiger partial charge in [0.2, 0.25) is 0 Å². The van der Waals surface area contributed by atoms with Crippen LogP contribution in [0.2, 0.25) is 10.0 Å². The molecule has 1 aliphatic rings. The Balaban J connectivity index is 1.57. The summed E-state index contributed by atoms with van der Waals surface area (Å²) in [6, 6.07) is 10.3. The van der Waals surface area contributed by atoms with Crippen LogP contribution < -0.4 is 0 Å². The van der Waals surface area contributed by atoms with Crippen molar-refractivity contribution >= 4 is 34.1 Å². The van der Waals surface area contributed by atoms with Gasteiger partial charge in [-0.1, -0.05) is 47.5 Å². The molecule has 2 aromatic carbocycles. The summed E-state index contributed by atoms with van der Waals surface area (Å²) in [6.07, 6.45) is 3.33. The minimum atomic E-state index is -0.137. The summed E-state index contributed by atoms with van der Waals surface area (Å²) in [5, 5.41) is 18.7. The van der Waals surface area contributed by atoms with Gasteiger partial charge in [-0.25, -0.2) is 0 Å². The number of aromatic nitrogens is 2. The molecule has 1 saturated heterocycles. The molecule has 1 fully saturated rings. The molecule has 4 rings (SSSR count). The number of hydrogen-bond donors (Lipinski definition) is 2. The summed E-state index contributed by atoms with van der Waals surface area (Å²) in [5.41, 5.74) is 3.86. The lowest BCUT2D eigenvalue weighted by Crippen LogP contribution is -2.35. The Bertz CT molecular complexity index is 884. The average molecular weight is 376 g/mol. The molecule has 4 nitrogen and oxygen atoms in total. The zero-order valence-corrected chi connectivity index (χ0v) is 15.2. The number of likely N-dealkylation sites (tertiary alicyclic amines) is 1. The van der Waals surface area contributed by atoms with Crippen LogP contribution in [0.4, 0.5) is 0 Å². The number of benzene rings is 2. The van der Waals surface area contributed by atoms with Gasteiger partial charge in [-0.15, -0.1) is 0 Å². The Labute approximate surface area is 156 Å². The summed E-state index contributed by atoms with van der Waals surface area (Å²) < 4.78 is 0. The largest absolute Gasteiger partial charge is 0.393 e. The first-order chi connectivity index (χ1) is 12.1. The monoisotopic (exact) mass is 375 g/mol. The second-order valence-electron chi connectivity index (χ2n) is 6.57. The van der Waals surface area contributed by atoms with Gasteiger partial charge < -0.3 is 5.11 Å². The fourth-order valence-corrected chi connectivity index (χ4v) is 3.93. The van der Waals surface area contributed by atoms with E-state index in [1.165, 1.54) is 5.56 Å². The van der Waals surface area contributed by atoms with E-state index in [0.717, 1.165) is 49.0 Å². The van der Waals surface area contributed by atoms with Crippen molar-refractivity contribution < 1.29 is 5.11 Å². The van der Waals surface area contributed by atoms with Crippen LogP contribution in [0.15, 0.2) is 36.5 Å². The molecule has 6 heteroatoms. The maximum Gasteiger partial charge on any atom is 0.113 e. The van der Waals surface area contributed by atoms with Gasteiger partial charge in [-0.3, -0.25) is 10.00 Å². The molecule has 3 aromatic rings. The lowest BCUT2D eigenvalue weighted by Gasteiger charge is -2.29. The predicted octanol–water partition coefficient (Wildman–Crippen LogP) is 4.49. The third-order valence-electron chi connectivity index (χ3n) is 4.84. The minimum Gasteiger partial charge on any atom is -0.393 e. The highest BCUT2D eigenvalue weighted by molar-refractivity contribution is 6.42. The number of halogens is 2. The number of nitrogens with one attached hydrogen (secondary N) is 1. The first-order valence-electron chi connectivity index (χ1n) is 8.43. The maximum atomic E-state index is 9.61. The van der Waals surface area contributed by atoms with E-state index in [1.54, 1.807) is 6.20 Å². The number of hydrogen-bond acceptors (Lipinski definition) is 3. The first-order valence-corrected chi connectivity index (χ1v) is 9.18. The van der Waals surface area contributed by atoms with Gasteiger partial charge in [0.05, 0.1) is 16.1 Å². The van der Waals surface area contributed by atoms with E-state index < -0.39 is 0 Å². The quantitative estimate of drug-likeness (QED) is 0.708.